The van der Waals surface area contributed by atoms with Gasteiger partial charge in [0.15, 0.2) is 5.13 Å². The summed E-state index contributed by atoms with van der Waals surface area (Å²) in [6, 6.07) is 12.1. The predicted molar refractivity (Wildman–Crippen MR) is 109 cm³/mol. The Kier molecular flexibility index (Phi) is 5.74. The fraction of sp³-hybridized carbons (Fsp3) is 0.238. The van der Waals surface area contributed by atoms with Crippen LogP contribution in [0.2, 0.25) is 0 Å². The molecule has 1 aromatic heterocycles. The number of amides is 1. The highest BCUT2D eigenvalue weighted by atomic mass is 32.1. The molecule has 0 bridgehead atoms. The number of anilines is 2. The number of hydrogen-bond donors (Lipinski definition) is 1. The Morgan fingerprint density at radius 2 is 1.87 bits per heavy atom. The smallest absolute Gasteiger partial charge is 0.378 e. The van der Waals surface area contributed by atoms with E-state index in [2.05, 4.69) is 10.3 Å². The minimum Gasteiger partial charge on any atom is -0.378 e. The third-order valence-corrected chi connectivity index (χ3v) is 5.41. The molecule has 1 aliphatic heterocycles. The molecule has 0 atom stereocenters. The number of nitrogens with zero attached hydrogens (tertiary/aromatic N) is 2. The lowest BCUT2D eigenvalue weighted by molar-refractivity contribution is -0.137. The van der Waals surface area contributed by atoms with Gasteiger partial charge in [0, 0.05) is 35.3 Å². The molecule has 5 nitrogen and oxygen atoms in total. The van der Waals surface area contributed by atoms with Crippen LogP contribution in [0.4, 0.5) is 24.0 Å². The summed E-state index contributed by atoms with van der Waals surface area (Å²) < 4.78 is 44.0. The monoisotopic (exact) mass is 433 g/mol. The first kappa shape index (κ1) is 20.4. The third kappa shape index (κ3) is 4.63. The number of rotatable bonds is 4. The minimum atomic E-state index is -4.40. The predicted octanol–water partition coefficient (Wildman–Crippen LogP) is 5.04. The van der Waals surface area contributed by atoms with E-state index < -0.39 is 11.7 Å². The lowest BCUT2D eigenvalue weighted by Crippen LogP contribution is -2.40. The highest BCUT2D eigenvalue weighted by molar-refractivity contribution is 7.14. The molecule has 1 fully saturated rings. The van der Waals surface area contributed by atoms with Gasteiger partial charge in [0.05, 0.1) is 24.5 Å². The summed E-state index contributed by atoms with van der Waals surface area (Å²) in [5.41, 5.74) is 1.56. The van der Waals surface area contributed by atoms with Gasteiger partial charge in [0.1, 0.15) is 0 Å². The molecule has 1 N–H and O–H groups in total. The second-order valence-corrected chi connectivity index (χ2v) is 7.58. The van der Waals surface area contributed by atoms with Gasteiger partial charge in [-0.25, -0.2) is 4.98 Å². The van der Waals surface area contributed by atoms with Gasteiger partial charge in [-0.05, 0) is 30.3 Å². The molecule has 0 radical (unpaired) electrons. The van der Waals surface area contributed by atoms with E-state index in [1.165, 1.54) is 17.4 Å². The number of aromatic nitrogens is 1. The summed E-state index contributed by atoms with van der Waals surface area (Å²) in [6.45, 7) is 2.18. The van der Waals surface area contributed by atoms with Crippen LogP contribution >= 0.6 is 11.3 Å². The van der Waals surface area contributed by atoms with E-state index in [-0.39, 0.29) is 5.91 Å². The van der Waals surface area contributed by atoms with Gasteiger partial charge >= 0.3 is 6.18 Å². The van der Waals surface area contributed by atoms with Crippen molar-refractivity contribution in [1.82, 2.24) is 9.88 Å². The van der Waals surface area contributed by atoms with E-state index in [0.29, 0.717) is 48.4 Å². The van der Waals surface area contributed by atoms with E-state index >= 15 is 0 Å². The number of alkyl halides is 3. The van der Waals surface area contributed by atoms with Crippen molar-refractivity contribution in [3.05, 3.63) is 65.0 Å². The van der Waals surface area contributed by atoms with Crippen molar-refractivity contribution in [3.8, 4) is 11.3 Å². The molecule has 0 saturated carbocycles. The molecule has 1 saturated heterocycles. The van der Waals surface area contributed by atoms with Crippen LogP contribution in [0.25, 0.3) is 11.3 Å². The lowest BCUT2D eigenvalue weighted by atomic mass is 10.1. The molecule has 2 heterocycles. The third-order valence-electron chi connectivity index (χ3n) is 4.65. The molecule has 0 unspecified atom stereocenters. The Morgan fingerprint density at radius 3 is 2.63 bits per heavy atom. The van der Waals surface area contributed by atoms with Crippen LogP contribution in [0.5, 0.6) is 0 Å². The number of ether oxygens (including phenoxy) is 1. The average Bonchev–Trinajstić information content (AvgIpc) is 3.22. The first-order valence-electron chi connectivity index (χ1n) is 9.27. The van der Waals surface area contributed by atoms with Gasteiger partial charge in [-0.3, -0.25) is 4.79 Å². The molecular formula is C21H18F3N3O2S. The summed E-state index contributed by atoms with van der Waals surface area (Å²) in [6.07, 6.45) is -4.40. The zero-order valence-corrected chi connectivity index (χ0v) is 16.6. The largest absolute Gasteiger partial charge is 0.416 e. The molecule has 156 valence electrons. The number of benzene rings is 2. The number of morpholine rings is 1. The summed E-state index contributed by atoms with van der Waals surface area (Å²) in [5.74, 6) is -0.0577. The Balaban J connectivity index is 1.51. The molecule has 3 aromatic rings. The maximum absolute atomic E-state index is 12.9. The van der Waals surface area contributed by atoms with Crippen LogP contribution < -0.4 is 5.32 Å². The zero-order chi connectivity index (χ0) is 21.1. The number of nitrogens with one attached hydrogen (secondary N) is 1. The standard InChI is InChI=1S/C21H18F3N3O2S/c22-21(23,24)16-5-2-6-17(12-16)25-20-26-18(13-30-20)14-3-1-4-15(11-14)19(28)27-7-9-29-10-8-27/h1-6,11-13H,7-10H2,(H,25,26). The van der Waals surface area contributed by atoms with Crippen LogP contribution in [0, 0.1) is 0 Å². The topological polar surface area (TPSA) is 54.5 Å². The van der Waals surface area contributed by atoms with E-state index in [4.69, 9.17) is 4.74 Å². The normalized spacial score (nSPS) is 14.6. The first-order chi connectivity index (χ1) is 14.4. The van der Waals surface area contributed by atoms with Crippen molar-refractivity contribution in [1.29, 1.82) is 0 Å². The Morgan fingerprint density at radius 1 is 1.10 bits per heavy atom. The van der Waals surface area contributed by atoms with Gasteiger partial charge in [0.25, 0.3) is 5.91 Å². The van der Waals surface area contributed by atoms with Gasteiger partial charge in [-0.15, -0.1) is 11.3 Å². The van der Waals surface area contributed by atoms with Crippen molar-refractivity contribution in [2.24, 2.45) is 0 Å². The molecule has 1 amide bonds. The zero-order valence-electron chi connectivity index (χ0n) is 15.8. The first-order valence-corrected chi connectivity index (χ1v) is 10.2. The number of thiazole rings is 1. The number of hydrogen-bond acceptors (Lipinski definition) is 5. The van der Waals surface area contributed by atoms with Crippen LogP contribution in [-0.2, 0) is 10.9 Å². The molecule has 30 heavy (non-hydrogen) atoms. The highest BCUT2D eigenvalue weighted by Crippen LogP contribution is 2.32. The van der Waals surface area contributed by atoms with E-state index in [1.54, 1.807) is 34.5 Å². The molecule has 4 rings (SSSR count). The van der Waals surface area contributed by atoms with Gasteiger partial charge in [-0.1, -0.05) is 18.2 Å². The van der Waals surface area contributed by atoms with Crippen LogP contribution in [0.3, 0.4) is 0 Å². The van der Waals surface area contributed by atoms with E-state index in [1.807, 2.05) is 6.07 Å². The molecule has 2 aromatic carbocycles. The fourth-order valence-electron chi connectivity index (χ4n) is 3.12. The maximum Gasteiger partial charge on any atom is 0.416 e. The van der Waals surface area contributed by atoms with E-state index in [0.717, 1.165) is 17.7 Å². The summed E-state index contributed by atoms with van der Waals surface area (Å²) in [7, 11) is 0. The maximum atomic E-state index is 12.9. The molecule has 0 aliphatic carbocycles. The average molecular weight is 433 g/mol. The number of carbonyl (C=O) groups is 1. The van der Waals surface area contributed by atoms with Gasteiger partial charge in [-0.2, -0.15) is 13.2 Å². The Bertz CT molecular complexity index is 1050. The fourth-order valence-corrected chi connectivity index (χ4v) is 3.86. The molecular weight excluding hydrogens is 415 g/mol. The van der Waals surface area contributed by atoms with Crippen LogP contribution in [-0.4, -0.2) is 42.1 Å². The van der Waals surface area contributed by atoms with Gasteiger partial charge in [0.2, 0.25) is 0 Å². The Labute approximate surface area is 175 Å². The second-order valence-electron chi connectivity index (χ2n) is 6.73. The summed E-state index contributed by atoms with van der Waals surface area (Å²) in [4.78, 5) is 18.9. The van der Waals surface area contributed by atoms with Crippen molar-refractivity contribution in [2.75, 3.05) is 31.6 Å². The molecule has 1 aliphatic rings. The van der Waals surface area contributed by atoms with Crippen LogP contribution in [0.15, 0.2) is 53.9 Å². The van der Waals surface area contributed by atoms with Crippen molar-refractivity contribution < 1.29 is 22.7 Å². The number of carbonyl (C=O) groups excluding carboxylic acids is 1. The van der Waals surface area contributed by atoms with Crippen molar-refractivity contribution >= 4 is 28.1 Å². The van der Waals surface area contributed by atoms with E-state index in [9.17, 15) is 18.0 Å². The second kappa shape index (κ2) is 8.45. The number of halogens is 3. The van der Waals surface area contributed by atoms with Crippen molar-refractivity contribution in [3.63, 3.8) is 0 Å². The summed E-state index contributed by atoms with van der Waals surface area (Å²) in [5, 5.41) is 5.18. The molecule has 9 heteroatoms. The van der Waals surface area contributed by atoms with Gasteiger partial charge < -0.3 is 15.0 Å². The van der Waals surface area contributed by atoms with Crippen LogP contribution in [0.1, 0.15) is 15.9 Å². The molecule has 0 spiro atoms. The summed E-state index contributed by atoms with van der Waals surface area (Å²) >= 11 is 1.28. The highest BCUT2D eigenvalue weighted by Gasteiger charge is 2.30. The van der Waals surface area contributed by atoms with Crippen molar-refractivity contribution in [2.45, 2.75) is 6.18 Å². The lowest BCUT2D eigenvalue weighted by Gasteiger charge is -2.26. The quantitative estimate of drug-likeness (QED) is 0.626. The minimum absolute atomic E-state index is 0.0577. The Hall–Kier alpha value is -2.91. The SMILES string of the molecule is O=C(c1cccc(-c2csc(Nc3cccc(C(F)(F)F)c3)n2)c1)N1CCOCC1.